The Kier molecular flexibility index (Phi) is 21.9. The first-order valence-electron chi connectivity index (χ1n) is 15.6. The van der Waals surface area contributed by atoms with E-state index in [9.17, 15) is 43.2 Å². The number of amides is 6. The van der Waals surface area contributed by atoms with Gasteiger partial charge in [0.1, 0.15) is 24.2 Å². The Bertz CT molecular complexity index is 1170. The first-order chi connectivity index (χ1) is 23.0. The SMILES string of the molecule is NCCCC[C@H](NC(=O)[C@H](CCCCN)NC(=O)[C@H](CCC(=O)O)NC(=O)[C@@H](N)CCC(=O)O)C(=O)NCC(=O)N[C@@H](CC(N)=O)C(=O)O. The number of nitrogens with one attached hydrogen (secondary N) is 5. The van der Waals surface area contributed by atoms with Crippen LogP contribution in [0.15, 0.2) is 0 Å². The van der Waals surface area contributed by atoms with E-state index >= 15 is 0 Å². The molecule has 0 heterocycles. The molecule has 0 saturated carbocycles. The molecule has 0 aliphatic carbocycles. The number of nitrogens with two attached hydrogens (primary N) is 4. The molecule has 0 rings (SSSR count). The minimum atomic E-state index is -1.63. The molecule has 0 radical (unpaired) electrons. The van der Waals surface area contributed by atoms with Gasteiger partial charge in [-0.1, -0.05) is 0 Å². The van der Waals surface area contributed by atoms with Crippen molar-refractivity contribution in [3.05, 3.63) is 0 Å². The van der Waals surface area contributed by atoms with Crippen LogP contribution in [0.1, 0.15) is 70.6 Å². The van der Waals surface area contributed by atoms with Crippen LogP contribution >= 0.6 is 0 Å². The van der Waals surface area contributed by atoms with Crippen molar-refractivity contribution >= 4 is 53.4 Å². The Morgan fingerprint density at radius 3 is 1.45 bits per heavy atom. The van der Waals surface area contributed by atoms with Crippen LogP contribution in [0.3, 0.4) is 0 Å². The maximum Gasteiger partial charge on any atom is 0.326 e. The van der Waals surface area contributed by atoms with Crippen molar-refractivity contribution in [2.24, 2.45) is 22.9 Å². The second-order valence-electron chi connectivity index (χ2n) is 11.1. The van der Waals surface area contributed by atoms with Crippen molar-refractivity contribution in [3.63, 3.8) is 0 Å². The predicted molar refractivity (Wildman–Crippen MR) is 170 cm³/mol. The lowest BCUT2D eigenvalue weighted by molar-refractivity contribution is -0.143. The predicted octanol–water partition coefficient (Wildman–Crippen LogP) is -4.68. The molecule has 0 aliphatic heterocycles. The third-order valence-electron chi connectivity index (χ3n) is 6.91. The maximum absolute atomic E-state index is 13.4. The highest BCUT2D eigenvalue weighted by Crippen LogP contribution is 2.08. The molecule has 49 heavy (non-hydrogen) atoms. The summed E-state index contributed by atoms with van der Waals surface area (Å²) in [5, 5.41) is 38.7. The number of carbonyl (C=O) groups is 9. The fraction of sp³-hybridized carbons (Fsp3) is 0.679. The quantitative estimate of drug-likeness (QED) is 0.0358. The lowest BCUT2D eigenvalue weighted by Gasteiger charge is -2.26. The first-order valence-corrected chi connectivity index (χ1v) is 15.6. The molecule has 21 nitrogen and oxygen atoms in total. The molecular formula is C28H49N9O12. The smallest absolute Gasteiger partial charge is 0.326 e. The number of primary amides is 1. The van der Waals surface area contributed by atoms with Gasteiger partial charge < -0.3 is 64.8 Å². The van der Waals surface area contributed by atoms with Crippen LogP contribution in [-0.4, -0.2) is 119 Å². The summed E-state index contributed by atoms with van der Waals surface area (Å²) < 4.78 is 0. The van der Waals surface area contributed by atoms with E-state index in [0.717, 1.165) is 0 Å². The number of unbranched alkanes of at least 4 members (excludes halogenated alkanes) is 2. The molecule has 0 saturated heterocycles. The number of aliphatic carboxylic acids is 3. The molecule has 0 aromatic heterocycles. The fourth-order valence-electron chi connectivity index (χ4n) is 4.23. The summed E-state index contributed by atoms with van der Waals surface area (Å²) in [5.41, 5.74) is 21.8. The molecule has 21 heteroatoms. The third kappa shape index (κ3) is 20.2. The van der Waals surface area contributed by atoms with Gasteiger partial charge in [0, 0.05) is 12.8 Å². The summed E-state index contributed by atoms with van der Waals surface area (Å²) in [6, 6.07) is -6.99. The van der Waals surface area contributed by atoms with Gasteiger partial charge in [-0.2, -0.15) is 0 Å². The lowest BCUT2D eigenvalue weighted by atomic mass is 10.0. The second kappa shape index (κ2) is 24.3. The van der Waals surface area contributed by atoms with Gasteiger partial charge in [0.25, 0.3) is 0 Å². The number of carbonyl (C=O) groups excluding carboxylic acids is 6. The van der Waals surface area contributed by atoms with Crippen LogP contribution < -0.4 is 49.5 Å². The molecule has 0 aliphatic rings. The standard InChI is InChI=1S/C28H49N9O12/c29-11-3-1-5-16(25(45)33-14-21(39)34-19(28(48)49)13-20(32)38)36-26(46)17(6-2-4-12-30)37-27(47)18(8-10-23(42)43)35-24(44)15(31)7-9-22(40)41/h15-19H,1-14,29-31H2,(H2,32,38)(H,33,45)(H,34,39)(H,35,44)(H,36,46)(H,37,47)(H,40,41)(H,42,43)(H,48,49)/t15-,16-,17-,18-,19-/m0/s1. The molecule has 0 spiro atoms. The summed E-state index contributed by atoms with van der Waals surface area (Å²) in [6.45, 7) is -0.203. The molecule has 0 unspecified atom stereocenters. The Labute approximate surface area is 282 Å². The molecular weight excluding hydrogens is 654 g/mol. The minimum Gasteiger partial charge on any atom is -0.481 e. The van der Waals surface area contributed by atoms with E-state index < -0.39 is 116 Å². The van der Waals surface area contributed by atoms with Gasteiger partial charge in [0.2, 0.25) is 35.4 Å². The summed E-state index contributed by atoms with van der Waals surface area (Å²) in [6.07, 6.45) is -0.686. The van der Waals surface area contributed by atoms with Gasteiger partial charge in [0.05, 0.1) is 19.0 Å². The van der Waals surface area contributed by atoms with E-state index in [1.54, 1.807) is 0 Å². The second-order valence-corrected chi connectivity index (χ2v) is 11.1. The molecule has 6 amide bonds. The van der Waals surface area contributed by atoms with Gasteiger partial charge in [-0.05, 0) is 64.5 Å². The number of carboxylic acid groups (broad SMARTS) is 3. The van der Waals surface area contributed by atoms with Crippen LogP contribution in [0.25, 0.3) is 0 Å². The van der Waals surface area contributed by atoms with Gasteiger partial charge in [-0.3, -0.25) is 38.4 Å². The van der Waals surface area contributed by atoms with Crippen molar-refractivity contribution < 1.29 is 58.5 Å². The zero-order valence-electron chi connectivity index (χ0n) is 27.1. The maximum atomic E-state index is 13.4. The van der Waals surface area contributed by atoms with E-state index in [2.05, 4.69) is 21.3 Å². The van der Waals surface area contributed by atoms with E-state index in [0.29, 0.717) is 25.7 Å². The number of hydrogen-bond donors (Lipinski definition) is 12. The molecule has 0 fully saturated rings. The van der Waals surface area contributed by atoms with E-state index in [4.69, 9.17) is 38.3 Å². The Balaban J connectivity index is 5.87. The highest BCUT2D eigenvalue weighted by Gasteiger charge is 2.31. The van der Waals surface area contributed by atoms with E-state index in [1.807, 2.05) is 5.32 Å². The monoisotopic (exact) mass is 703 g/mol. The van der Waals surface area contributed by atoms with Crippen molar-refractivity contribution in [2.45, 2.75) is 101 Å². The van der Waals surface area contributed by atoms with Crippen molar-refractivity contribution in [2.75, 3.05) is 19.6 Å². The Morgan fingerprint density at radius 2 is 1.00 bits per heavy atom. The highest BCUT2D eigenvalue weighted by molar-refractivity contribution is 5.96. The summed E-state index contributed by atoms with van der Waals surface area (Å²) in [4.78, 5) is 109. The summed E-state index contributed by atoms with van der Waals surface area (Å²) in [7, 11) is 0. The number of carboxylic acids is 3. The molecule has 0 aromatic carbocycles. The third-order valence-corrected chi connectivity index (χ3v) is 6.91. The molecule has 5 atom stereocenters. The number of rotatable bonds is 27. The van der Waals surface area contributed by atoms with Gasteiger partial charge in [0.15, 0.2) is 0 Å². The zero-order chi connectivity index (χ0) is 37.5. The molecule has 0 bridgehead atoms. The largest absolute Gasteiger partial charge is 0.481 e. The highest BCUT2D eigenvalue weighted by atomic mass is 16.4. The molecule has 0 aromatic rings. The average molecular weight is 704 g/mol. The fourth-order valence-corrected chi connectivity index (χ4v) is 4.23. The van der Waals surface area contributed by atoms with Gasteiger partial charge in [-0.15, -0.1) is 0 Å². The van der Waals surface area contributed by atoms with E-state index in [-0.39, 0.29) is 32.4 Å². The number of hydrogen-bond acceptors (Lipinski definition) is 12. The van der Waals surface area contributed by atoms with E-state index in [1.165, 1.54) is 0 Å². The van der Waals surface area contributed by atoms with Crippen LogP contribution in [0.5, 0.6) is 0 Å². The van der Waals surface area contributed by atoms with Crippen LogP contribution in [0, 0.1) is 0 Å². The Hall–Kier alpha value is -4.89. The average Bonchev–Trinajstić information content (AvgIpc) is 3.02. The Morgan fingerprint density at radius 1 is 0.551 bits per heavy atom. The summed E-state index contributed by atoms with van der Waals surface area (Å²) in [5.74, 6) is -9.50. The molecule has 16 N–H and O–H groups in total. The lowest BCUT2D eigenvalue weighted by Crippen LogP contribution is -2.58. The van der Waals surface area contributed by atoms with Crippen molar-refractivity contribution in [1.82, 2.24) is 26.6 Å². The zero-order valence-corrected chi connectivity index (χ0v) is 27.1. The molecule has 278 valence electrons. The topological polar surface area (TPSA) is 379 Å². The van der Waals surface area contributed by atoms with Gasteiger partial charge >= 0.3 is 17.9 Å². The normalized spacial score (nSPS) is 13.8. The van der Waals surface area contributed by atoms with Crippen LogP contribution in [0.2, 0.25) is 0 Å². The van der Waals surface area contributed by atoms with Gasteiger partial charge in [-0.25, -0.2) is 4.79 Å². The summed E-state index contributed by atoms with van der Waals surface area (Å²) >= 11 is 0. The minimum absolute atomic E-state index is 0.0163. The first kappa shape index (κ1) is 44.1. The van der Waals surface area contributed by atoms with Crippen LogP contribution in [-0.2, 0) is 43.2 Å². The van der Waals surface area contributed by atoms with Crippen molar-refractivity contribution in [3.8, 4) is 0 Å². The van der Waals surface area contributed by atoms with Crippen molar-refractivity contribution in [1.29, 1.82) is 0 Å². The van der Waals surface area contributed by atoms with Crippen LogP contribution in [0.4, 0.5) is 0 Å².